The molecule has 1 amide bonds. The summed E-state index contributed by atoms with van der Waals surface area (Å²) in [7, 11) is -3.06. The van der Waals surface area contributed by atoms with Crippen molar-refractivity contribution in [3.05, 3.63) is 35.0 Å². The SMILES string of the molecule is C[C@@H](C#N)NC(=O)[C@@H]1CCCC[C@H]1c1nc(C(N)(O)C(F)(F)F)sc1-c1ccc(N2CCS(=O)(=O)CC2)cc1. The van der Waals surface area contributed by atoms with Gasteiger partial charge in [-0.25, -0.2) is 13.4 Å². The molecular weight excluding hydrogens is 555 g/mol. The minimum atomic E-state index is -5.18. The van der Waals surface area contributed by atoms with Gasteiger partial charge in [0.15, 0.2) is 9.84 Å². The molecule has 4 atom stereocenters. The first-order valence-corrected chi connectivity index (χ1v) is 15.2. The molecule has 2 heterocycles. The van der Waals surface area contributed by atoms with Crippen LogP contribution in [0.4, 0.5) is 18.9 Å². The van der Waals surface area contributed by atoms with E-state index in [1.807, 2.05) is 11.0 Å². The van der Waals surface area contributed by atoms with Crippen molar-refractivity contribution in [2.24, 2.45) is 11.7 Å². The van der Waals surface area contributed by atoms with Crippen LogP contribution in [0.3, 0.4) is 0 Å². The third-order valence-corrected chi connectivity index (χ3v) is 10.1. The molecule has 39 heavy (non-hydrogen) atoms. The number of nitrogens with one attached hydrogen (secondary N) is 1. The lowest BCUT2D eigenvalue weighted by Gasteiger charge is -2.31. The molecule has 4 N–H and O–H groups in total. The van der Waals surface area contributed by atoms with Crippen molar-refractivity contribution in [2.75, 3.05) is 29.5 Å². The van der Waals surface area contributed by atoms with E-state index in [1.165, 1.54) is 0 Å². The van der Waals surface area contributed by atoms with Gasteiger partial charge in [-0.05, 0) is 37.5 Å². The third-order valence-electron chi connectivity index (χ3n) is 7.26. The molecule has 1 unspecified atom stereocenters. The molecule has 9 nitrogen and oxygen atoms in total. The highest BCUT2D eigenvalue weighted by Gasteiger charge is 2.55. The van der Waals surface area contributed by atoms with Crippen molar-refractivity contribution in [1.82, 2.24) is 10.3 Å². The number of amides is 1. The van der Waals surface area contributed by atoms with Crippen LogP contribution in [-0.2, 0) is 20.4 Å². The zero-order chi connectivity index (χ0) is 28.6. The number of rotatable bonds is 6. The first-order chi connectivity index (χ1) is 18.2. The highest BCUT2D eigenvalue weighted by atomic mass is 32.2. The summed E-state index contributed by atoms with van der Waals surface area (Å²) in [4.78, 5) is 19.5. The molecule has 0 radical (unpaired) electrons. The molecule has 1 saturated heterocycles. The molecule has 1 saturated carbocycles. The number of carbonyl (C=O) groups excluding carboxylic acids is 1. The number of aliphatic hydroxyl groups is 1. The number of anilines is 1. The predicted octanol–water partition coefficient (Wildman–Crippen LogP) is 3.01. The molecule has 1 aromatic carbocycles. The van der Waals surface area contributed by atoms with Crippen LogP contribution < -0.4 is 16.0 Å². The van der Waals surface area contributed by atoms with E-state index in [0.29, 0.717) is 47.7 Å². The number of hydrogen-bond acceptors (Lipinski definition) is 9. The fraction of sp³-hybridized carbons (Fsp3) is 0.560. The monoisotopic (exact) mass is 585 g/mol. The van der Waals surface area contributed by atoms with Gasteiger partial charge in [0.2, 0.25) is 5.91 Å². The Morgan fingerprint density at radius 2 is 1.85 bits per heavy atom. The number of sulfone groups is 1. The molecule has 1 aliphatic heterocycles. The van der Waals surface area contributed by atoms with Gasteiger partial charge < -0.3 is 15.3 Å². The first-order valence-electron chi connectivity index (χ1n) is 12.6. The van der Waals surface area contributed by atoms with Crippen molar-refractivity contribution >= 4 is 32.8 Å². The standard InChI is InChI=1S/C25H30F3N5O4S2/c1-15(14-29)31-22(34)19-5-3-2-4-18(19)20-21(38-23(32-20)24(30,35)25(26,27)28)16-6-8-17(9-7-16)33-10-12-39(36,37)13-11-33/h6-9,15,18-19,35H,2-5,10-13,30H2,1H3,(H,31,34)/t15-,18+,19+,24?/m0/s1. The zero-order valence-electron chi connectivity index (χ0n) is 21.2. The Kier molecular flexibility index (Phi) is 8.28. The third kappa shape index (κ3) is 6.21. The van der Waals surface area contributed by atoms with Gasteiger partial charge >= 0.3 is 6.18 Å². The van der Waals surface area contributed by atoms with Gasteiger partial charge in [0.1, 0.15) is 11.0 Å². The Labute approximate surface area is 228 Å². The second kappa shape index (κ2) is 11.0. The van der Waals surface area contributed by atoms with E-state index in [2.05, 4.69) is 10.3 Å². The number of alkyl halides is 3. The lowest BCUT2D eigenvalue weighted by atomic mass is 9.76. The summed E-state index contributed by atoms with van der Waals surface area (Å²) in [6.07, 6.45) is -2.74. The summed E-state index contributed by atoms with van der Waals surface area (Å²) in [6.45, 7) is 2.21. The molecule has 1 aliphatic carbocycles. The van der Waals surface area contributed by atoms with E-state index in [4.69, 9.17) is 11.0 Å². The van der Waals surface area contributed by atoms with Crippen LogP contribution in [0.25, 0.3) is 10.4 Å². The second-order valence-corrected chi connectivity index (χ2v) is 13.3. The van der Waals surface area contributed by atoms with Crippen molar-refractivity contribution in [3.8, 4) is 16.5 Å². The Bertz CT molecular complexity index is 1340. The molecule has 1 aromatic heterocycles. The summed E-state index contributed by atoms with van der Waals surface area (Å²) >= 11 is 0.630. The van der Waals surface area contributed by atoms with Crippen molar-refractivity contribution in [3.63, 3.8) is 0 Å². The van der Waals surface area contributed by atoms with Gasteiger partial charge in [-0.2, -0.15) is 18.4 Å². The highest BCUT2D eigenvalue weighted by Crippen LogP contribution is 2.47. The summed E-state index contributed by atoms with van der Waals surface area (Å²) in [5.41, 5.74) is 3.22. The molecule has 2 aromatic rings. The van der Waals surface area contributed by atoms with Gasteiger partial charge in [0.25, 0.3) is 5.72 Å². The number of benzene rings is 1. The van der Waals surface area contributed by atoms with Crippen LogP contribution in [0.15, 0.2) is 24.3 Å². The molecule has 4 rings (SSSR count). The fourth-order valence-electron chi connectivity index (χ4n) is 4.99. The van der Waals surface area contributed by atoms with Crippen molar-refractivity contribution in [1.29, 1.82) is 5.26 Å². The van der Waals surface area contributed by atoms with Crippen LogP contribution in [0.2, 0.25) is 0 Å². The minimum absolute atomic E-state index is 0.0409. The summed E-state index contributed by atoms with van der Waals surface area (Å²) in [5, 5.41) is 21.3. The number of aromatic nitrogens is 1. The molecule has 14 heteroatoms. The van der Waals surface area contributed by atoms with Gasteiger partial charge in [-0.1, -0.05) is 25.0 Å². The Hall–Kier alpha value is -2.73. The Morgan fingerprint density at radius 3 is 2.44 bits per heavy atom. The number of halogens is 3. The maximum absolute atomic E-state index is 13.7. The van der Waals surface area contributed by atoms with E-state index < -0.39 is 44.6 Å². The van der Waals surface area contributed by atoms with E-state index in [-0.39, 0.29) is 23.1 Å². The molecule has 212 valence electrons. The van der Waals surface area contributed by atoms with Crippen LogP contribution in [0.1, 0.15) is 49.2 Å². The number of thiazole rings is 1. The van der Waals surface area contributed by atoms with Crippen LogP contribution in [0.5, 0.6) is 0 Å². The topological polar surface area (TPSA) is 149 Å². The fourth-order valence-corrected chi connectivity index (χ4v) is 7.36. The average molecular weight is 586 g/mol. The van der Waals surface area contributed by atoms with Crippen LogP contribution >= 0.6 is 11.3 Å². The van der Waals surface area contributed by atoms with E-state index in [1.54, 1.807) is 31.2 Å². The first kappa shape index (κ1) is 29.3. The summed E-state index contributed by atoms with van der Waals surface area (Å²) in [5.74, 6) is -1.45. The van der Waals surface area contributed by atoms with Crippen molar-refractivity contribution < 1.29 is 31.5 Å². The maximum atomic E-state index is 13.7. The zero-order valence-corrected chi connectivity index (χ0v) is 22.9. The molecule has 2 fully saturated rings. The van der Waals surface area contributed by atoms with Gasteiger partial charge in [-0.3, -0.25) is 10.5 Å². The summed E-state index contributed by atoms with van der Waals surface area (Å²) in [6, 6.07) is 8.14. The largest absolute Gasteiger partial charge is 0.437 e. The van der Waals surface area contributed by atoms with E-state index in [9.17, 15) is 31.5 Å². The average Bonchev–Trinajstić information content (AvgIpc) is 3.34. The second-order valence-electron chi connectivity index (χ2n) is 10.0. The van der Waals surface area contributed by atoms with Crippen LogP contribution in [0, 0.1) is 17.2 Å². The van der Waals surface area contributed by atoms with Gasteiger partial charge in [0, 0.05) is 30.6 Å². The summed E-state index contributed by atoms with van der Waals surface area (Å²) < 4.78 is 64.5. The number of nitrogens with two attached hydrogens (primary N) is 1. The van der Waals surface area contributed by atoms with E-state index in [0.717, 1.165) is 18.5 Å². The Morgan fingerprint density at radius 1 is 1.23 bits per heavy atom. The molecule has 0 spiro atoms. The van der Waals surface area contributed by atoms with Crippen molar-refractivity contribution in [2.45, 2.75) is 56.5 Å². The predicted molar refractivity (Wildman–Crippen MR) is 140 cm³/mol. The minimum Gasteiger partial charge on any atom is -0.369 e. The maximum Gasteiger partial charge on any atom is 0.437 e. The van der Waals surface area contributed by atoms with Crippen LogP contribution in [-0.4, -0.2) is 61.2 Å². The number of hydrogen-bond donors (Lipinski definition) is 3. The Balaban J connectivity index is 1.73. The lowest BCUT2D eigenvalue weighted by Crippen LogP contribution is -2.50. The number of carbonyl (C=O) groups is 1. The number of nitriles is 1. The normalized spacial score (nSPS) is 23.9. The molecule has 0 bridgehead atoms. The quantitative estimate of drug-likeness (QED) is 0.438. The van der Waals surface area contributed by atoms with Gasteiger partial charge in [-0.15, -0.1) is 11.3 Å². The molecular formula is C25H30F3N5O4S2. The number of nitrogens with zero attached hydrogens (tertiary/aromatic N) is 3. The van der Waals surface area contributed by atoms with E-state index >= 15 is 0 Å². The molecule has 2 aliphatic rings. The van der Waals surface area contributed by atoms with Gasteiger partial charge in [0.05, 0.1) is 28.1 Å². The highest BCUT2D eigenvalue weighted by molar-refractivity contribution is 7.91. The lowest BCUT2D eigenvalue weighted by molar-refractivity contribution is -0.264. The smallest absolute Gasteiger partial charge is 0.369 e.